The molecule has 1 aliphatic rings. The van der Waals surface area contributed by atoms with Crippen molar-refractivity contribution in [2.24, 2.45) is 0 Å². The van der Waals surface area contributed by atoms with Crippen LogP contribution in [0.2, 0.25) is 0 Å². The van der Waals surface area contributed by atoms with Gasteiger partial charge in [-0.25, -0.2) is 8.78 Å². The van der Waals surface area contributed by atoms with Crippen molar-refractivity contribution in [3.8, 4) is 11.5 Å². The number of alkyl halides is 2. The number of benzene rings is 1. The molecule has 0 saturated heterocycles. The molecule has 2 heterocycles. The minimum atomic E-state index is -2.65. The molecule has 6 nitrogen and oxygen atoms in total. The SMILES string of the molecule is Cc1cc(C(F)F)nn1CC(=O)NCc1ccc2c(c1)OCO2. The number of nitrogens with one attached hydrogen (secondary N) is 1. The normalized spacial score (nSPS) is 12.7. The van der Waals surface area contributed by atoms with Crippen molar-refractivity contribution >= 4 is 5.91 Å². The number of aromatic nitrogens is 2. The molecule has 3 rings (SSSR count). The van der Waals surface area contributed by atoms with Crippen LogP contribution < -0.4 is 14.8 Å². The van der Waals surface area contributed by atoms with Gasteiger partial charge in [-0.3, -0.25) is 9.48 Å². The Labute approximate surface area is 131 Å². The van der Waals surface area contributed by atoms with Crippen LogP contribution >= 0.6 is 0 Å². The van der Waals surface area contributed by atoms with Crippen LogP contribution in [0.25, 0.3) is 0 Å². The molecule has 0 unspecified atom stereocenters. The van der Waals surface area contributed by atoms with E-state index in [-0.39, 0.29) is 24.9 Å². The van der Waals surface area contributed by atoms with E-state index in [4.69, 9.17) is 9.47 Å². The lowest BCUT2D eigenvalue weighted by Gasteiger charge is -2.07. The molecule has 122 valence electrons. The lowest BCUT2D eigenvalue weighted by molar-refractivity contribution is -0.122. The van der Waals surface area contributed by atoms with Gasteiger partial charge in [0, 0.05) is 12.2 Å². The number of amides is 1. The first-order valence-electron chi connectivity index (χ1n) is 7.00. The summed E-state index contributed by atoms with van der Waals surface area (Å²) >= 11 is 0. The van der Waals surface area contributed by atoms with Crippen LogP contribution in [0.1, 0.15) is 23.4 Å². The van der Waals surface area contributed by atoms with E-state index in [0.29, 0.717) is 23.7 Å². The van der Waals surface area contributed by atoms with Gasteiger partial charge in [-0.2, -0.15) is 5.10 Å². The summed E-state index contributed by atoms with van der Waals surface area (Å²) in [5.74, 6) is 1.00. The average molecular weight is 323 g/mol. The third kappa shape index (κ3) is 3.41. The fourth-order valence-corrected chi connectivity index (χ4v) is 2.25. The third-order valence-corrected chi connectivity index (χ3v) is 3.44. The monoisotopic (exact) mass is 323 g/mol. The summed E-state index contributed by atoms with van der Waals surface area (Å²) in [6.07, 6.45) is -2.65. The van der Waals surface area contributed by atoms with Gasteiger partial charge in [-0.05, 0) is 30.7 Å². The maximum Gasteiger partial charge on any atom is 0.282 e. The second kappa shape index (κ2) is 6.23. The molecule has 8 heteroatoms. The maximum atomic E-state index is 12.6. The molecule has 1 amide bonds. The van der Waals surface area contributed by atoms with Crippen molar-refractivity contribution in [3.63, 3.8) is 0 Å². The van der Waals surface area contributed by atoms with Gasteiger partial charge in [0.25, 0.3) is 6.43 Å². The van der Waals surface area contributed by atoms with Crippen LogP contribution in [-0.4, -0.2) is 22.5 Å². The van der Waals surface area contributed by atoms with Crippen LogP contribution in [-0.2, 0) is 17.9 Å². The molecule has 23 heavy (non-hydrogen) atoms. The topological polar surface area (TPSA) is 65.4 Å². The summed E-state index contributed by atoms with van der Waals surface area (Å²) in [5, 5.41) is 6.44. The van der Waals surface area contributed by atoms with Gasteiger partial charge in [0.2, 0.25) is 12.7 Å². The van der Waals surface area contributed by atoms with E-state index in [9.17, 15) is 13.6 Å². The predicted octanol–water partition coefficient (Wildman–Crippen LogP) is 2.17. The van der Waals surface area contributed by atoms with E-state index in [1.54, 1.807) is 19.1 Å². The first kappa shape index (κ1) is 15.3. The standard InChI is InChI=1S/C15H15F2N3O3/c1-9-4-11(15(16)17)19-20(9)7-14(21)18-6-10-2-3-12-13(5-10)23-8-22-12/h2-5,15H,6-8H2,1H3,(H,18,21). The zero-order valence-electron chi connectivity index (χ0n) is 12.4. The Hall–Kier alpha value is -2.64. The van der Waals surface area contributed by atoms with E-state index in [1.807, 2.05) is 6.07 Å². The molecule has 1 aromatic carbocycles. The maximum absolute atomic E-state index is 12.6. The molecule has 0 atom stereocenters. The predicted molar refractivity (Wildman–Crippen MR) is 76.3 cm³/mol. The van der Waals surface area contributed by atoms with Crippen LogP contribution in [0.15, 0.2) is 24.3 Å². The molecule has 1 N–H and O–H groups in total. The van der Waals surface area contributed by atoms with E-state index >= 15 is 0 Å². The largest absolute Gasteiger partial charge is 0.454 e. The van der Waals surface area contributed by atoms with Crippen LogP contribution in [0.5, 0.6) is 11.5 Å². The summed E-state index contributed by atoms with van der Waals surface area (Å²) in [6.45, 7) is 2.01. The van der Waals surface area contributed by atoms with Gasteiger partial charge in [0.1, 0.15) is 12.2 Å². The first-order valence-corrected chi connectivity index (χ1v) is 7.00. The first-order chi connectivity index (χ1) is 11.0. The highest BCUT2D eigenvalue weighted by Gasteiger charge is 2.16. The summed E-state index contributed by atoms with van der Waals surface area (Å²) in [4.78, 5) is 11.9. The number of hydrogen-bond acceptors (Lipinski definition) is 4. The molecule has 0 spiro atoms. The molecule has 1 aliphatic heterocycles. The summed E-state index contributed by atoms with van der Waals surface area (Å²) in [6, 6.07) is 6.66. The quantitative estimate of drug-likeness (QED) is 0.916. The van der Waals surface area contributed by atoms with E-state index in [1.165, 1.54) is 10.7 Å². The van der Waals surface area contributed by atoms with Gasteiger partial charge in [0.05, 0.1) is 0 Å². The number of ether oxygens (including phenoxy) is 2. The fraction of sp³-hybridized carbons (Fsp3) is 0.333. The highest BCUT2D eigenvalue weighted by molar-refractivity contribution is 5.75. The van der Waals surface area contributed by atoms with Crippen LogP contribution in [0.4, 0.5) is 8.78 Å². The number of fused-ring (bicyclic) bond motifs is 1. The Bertz CT molecular complexity index is 731. The minimum Gasteiger partial charge on any atom is -0.454 e. The molecule has 0 radical (unpaired) electrons. The molecule has 0 saturated carbocycles. The molecule has 0 aliphatic carbocycles. The summed E-state index contributed by atoms with van der Waals surface area (Å²) in [5.41, 5.74) is 1.04. The number of aryl methyl sites for hydroxylation is 1. The Balaban J connectivity index is 1.57. The van der Waals surface area contributed by atoms with Gasteiger partial charge >= 0.3 is 0 Å². The highest BCUT2D eigenvalue weighted by atomic mass is 19.3. The van der Waals surface area contributed by atoms with Crippen molar-refractivity contribution in [1.29, 1.82) is 0 Å². The van der Waals surface area contributed by atoms with Crippen molar-refractivity contribution in [2.45, 2.75) is 26.4 Å². The Morgan fingerprint density at radius 1 is 1.35 bits per heavy atom. The van der Waals surface area contributed by atoms with Crippen molar-refractivity contribution < 1.29 is 23.0 Å². The lowest BCUT2D eigenvalue weighted by atomic mass is 10.2. The number of carbonyl (C=O) groups excluding carboxylic acids is 1. The number of halogens is 2. The second-order valence-electron chi connectivity index (χ2n) is 5.13. The van der Waals surface area contributed by atoms with Crippen LogP contribution in [0, 0.1) is 6.92 Å². The molecule has 2 aromatic rings. The van der Waals surface area contributed by atoms with Crippen LogP contribution in [0.3, 0.4) is 0 Å². The van der Waals surface area contributed by atoms with Gasteiger partial charge in [0.15, 0.2) is 11.5 Å². The average Bonchev–Trinajstić information content (AvgIpc) is 3.12. The molecule has 0 fully saturated rings. The molecule has 0 bridgehead atoms. The van der Waals surface area contributed by atoms with Crippen molar-refractivity contribution in [1.82, 2.24) is 15.1 Å². The molecule has 1 aromatic heterocycles. The van der Waals surface area contributed by atoms with Crippen molar-refractivity contribution in [2.75, 3.05) is 6.79 Å². The number of nitrogens with zero attached hydrogens (tertiary/aromatic N) is 2. The number of hydrogen-bond donors (Lipinski definition) is 1. The second-order valence-corrected chi connectivity index (χ2v) is 5.13. The summed E-state index contributed by atoms with van der Waals surface area (Å²) < 4.78 is 36.9. The Morgan fingerprint density at radius 3 is 2.87 bits per heavy atom. The summed E-state index contributed by atoms with van der Waals surface area (Å²) in [7, 11) is 0. The van der Waals surface area contributed by atoms with Crippen molar-refractivity contribution in [3.05, 3.63) is 41.2 Å². The van der Waals surface area contributed by atoms with E-state index < -0.39 is 6.43 Å². The zero-order chi connectivity index (χ0) is 16.4. The van der Waals surface area contributed by atoms with Gasteiger partial charge in [-0.1, -0.05) is 6.07 Å². The molecular formula is C15H15F2N3O3. The van der Waals surface area contributed by atoms with E-state index in [2.05, 4.69) is 10.4 Å². The number of carbonyl (C=O) groups is 1. The number of rotatable bonds is 5. The Kier molecular flexibility index (Phi) is 4.14. The lowest BCUT2D eigenvalue weighted by Crippen LogP contribution is -2.28. The van der Waals surface area contributed by atoms with Gasteiger partial charge in [-0.15, -0.1) is 0 Å². The highest BCUT2D eigenvalue weighted by Crippen LogP contribution is 2.32. The molecular weight excluding hydrogens is 308 g/mol. The zero-order valence-corrected chi connectivity index (χ0v) is 12.4. The van der Waals surface area contributed by atoms with E-state index in [0.717, 1.165) is 5.56 Å². The Morgan fingerprint density at radius 2 is 2.13 bits per heavy atom. The minimum absolute atomic E-state index is 0.108. The van der Waals surface area contributed by atoms with Gasteiger partial charge < -0.3 is 14.8 Å². The smallest absolute Gasteiger partial charge is 0.282 e. The third-order valence-electron chi connectivity index (χ3n) is 3.44. The fourth-order valence-electron chi connectivity index (χ4n) is 2.25.